The van der Waals surface area contributed by atoms with Crippen molar-refractivity contribution in [3.05, 3.63) is 54.2 Å². The number of benzene rings is 1. The van der Waals surface area contributed by atoms with Crippen LogP contribution in [0.25, 0.3) is 0 Å². The lowest BCUT2D eigenvalue weighted by Crippen LogP contribution is -2.26. The van der Waals surface area contributed by atoms with Gasteiger partial charge in [-0.05, 0) is 68.2 Å². The summed E-state index contributed by atoms with van der Waals surface area (Å²) in [5.41, 5.74) is 0.709. The van der Waals surface area contributed by atoms with Gasteiger partial charge < -0.3 is 4.90 Å². The molecule has 2 rings (SSSR count). The van der Waals surface area contributed by atoms with Gasteiger partial charge in [-0.1, -0.05) is 6.07 Å². The van der Waals surface area contributed by atoms with E-state index in [1.165, 1.54) is 4.88 Å². The molecule has 0 saturated heterocycles. The van der Waals surface area contributed by atoms with Crippen LogP contribution in [0.5, 0.6) is 0 Å². The third-order valence-corrected chi connectivity index (χ3v) is 4.70. The number of nitrogens with zero attached hydrogens (tertiary/aromatic N) is 1. The van der Waals surface area contributed by atoms with Gasteiger partial charge in [0.25, 0.3) is 5.91 Å². The van der Waals surface area contributed by atoms with Crippen molar-refractivity contribution in [2.24, 2.45) is 0 Å². The molecular weight excluding hydrogens is 425 g/mol. The van der Waals surface area contributed by atoms with Crippen molar-refractivity contribution >= 4 is 55.8 Å². The fourth-order valence-corrected chi connectivity index (χ4v) is 3.24. The van der Waals surface area contributed by atoms with E-state index in [9.17, 15) is 4.79 Å². The average molecular weight is 436 g/mol. The van der Waals surface area contributed by atoms with E-state index in [1.807, 2.05) is 42.8 Å². The Kier molecular flexibility index (Phi) is 4.80. The van der Waals surface area contributed by atoms with Gasteiger partial charge in [-0.15, -0.1) is 11.3 Å². The number of amides is 1. The van der Waals surface area contributed by atoms with Gasteiger partial charge in [-0.25, -0.2) is 0 Å². The van der Waals surface area contributed by atoms with Gasteiger partial charge >= 0.3 is 0 Å². The van der Waals surface area contributed by atoms with Gasteiger partial charge in [0.15, 0.2) is 0 Å². The largest absolute Gasteiger partial charge is 0.337 e. The lowest BCUT2D eigenvalue weighted by molar-refractivity contribution is 0.0785. The second kappa shape index (κ2) is 6.16. The smallest absolute Gasteiger partial charge is 0.255 e. The molecule has 94 valence electrons. The van der Waals surface area contributed by atoms with Crippen molar-refractivity contribution in [2.45, 2.75) is 6.54 Å². The van der Waals surface area contributed by atoms with Crippen molar-refractivity contribution in [3.8, 4) is 0 Å². The van der Waals surface area contributed by atoms with Gasteiger partial charge in [0.05, 0.1) is 12.1 Å². The Labute approximate surface area is 132 Å². The van der Waals surface area contributed by atoms with Crippen LogP contribution in [0, 0.1) is 3.57 Å². The third-order valence-electron chi connectivity index (χ3n) is 2.48. The molecule has 0 unspecified atom stereocenters. The van der Waals surface area contributed by atoms with Crippen LogP contribution < -0.4 is 0 Å². The number of halogens is 2. The first-order valence-electron chi connectivity index (χ1n) is 5.31. The summed E-state index contributed by atoms with van der Waals surface area (Å²) in [6.45, 7) is 0.647. The molecule has 1 amide bonds. The Bertz CT molecular complexity index is 556. The van der Waals surface area contributed by atoms with Gasteiger partial charge in [0.2, 0.25) is 0 Å². The molecule has 2 nitrogen and oxygen atoms in total. The van der Waals surface area contributed by atoms with Crippen molar-refractivity contribution < 1.29 is 4.79 Å². The average Bonchev–Trinajstić information content (AvgIpc) is 2.84. The zero-order chi connectivity index (χ0) is 13.1. The topological polar surface area (TPSA) is 20.3 Å². The molecule has 0 fully saturated rings. The molecule has 0 atom stereocenters. The van der Waals surface area contributed by atoms with Crippen LogP contribution in [0.2, 0.25) is 0 Å². The molecular formula is C13H11BrINOS. The molecule has 0 radical (unpaired) electrons. The lowest BCUT2D eigenvalue weighted by atomic mass is 10.2. The lowest BCUT2D eigenvalue weighted by Gasteiger charge is -2.17. The van der Waals surface area contributed by atoms with Crippen LogP contribution in [-0.2, 0) is 6.54 Å². The maximum absolute atomic E-state index is 12.3. The normalized spacial score (nSPS) is 10.4. The second-order valence-electron chi connectivity index (χ2n) is 3.86. The Morgan fingerprint density at radius 2 is 2.22 bits per heavy atom. The number of carbonyl (C=O) groups is 1. The molecule has 1 heterocycles. The third kappa shape index (κ3) is 3.33. The zero-order valence-electron chi connectivity index (χ0n) is 9.69. The van der Waals surface area contributed by atoms with Crippen LogP contribution in [0.4, 0.5) is 0 Å². The van der Waals surface area contributed by atoms with Gasteiger partial charge in [-0.3, -0.25) is 4.79 Å². The maximum Gasteiger partial charge on any atom is 0.255 e. The molecule has 0 bridgehead atoms. The Morgan fingerprint density at radius 3 is 2.89 bits per heavy atom. The Morgan fingerprint density at radius 1 is 1.44 bits per heavy atom. The highest BCUT2D eigenvalue weighted by Gasteiger charge is 2.15. The minimum atomic E-state index is 0.0359. The molecule has 0 aliphatic heterocycles. The highest BCUT2D eigenvalue weighted by atomic mass is 127. The van der Waals surface area contributed by atoms with E-state index >= 15 is 0 Å². The Hall–Kier alpha value is -0.400. The molecule has 0 aliphatic rings. The minimum absolute atomic E-state index is 0.0359. The summed E-state index contributed by atoms with van der Waals surface area (Å²) in [5, 5.41) is 2.02. The molecule has 0 saturated carbocycles. The summed E-state index contributed by atoms with van der Waals surface area (Å²) < 4.78 is 1.90. The quantitative estimate of drug-likeness (QED) is 0.655. The number of hydrogen-bond donors (Lipinski definition) is 0. The summed E-state index contributed by atoms with van der Waals surface area (Å²) >= 11 is 7.31. The van der Waals surface area contributed by atoms with E-state index in [0.717, 1.165) is 8.04 Å². The Balaban J connectivity index is 2.17. The number of hydrogen-bond acceptors (Lipinski definition) is 2. The molecule has 0 N–H and O–H groups in total. The SMILES string of the molecule is CN(Cc1cccs1)C(=O)c1cc(I)ccc1Br. The number of carbonyl (C=O) groups excluding carboxylic acids is 1. The van der Waals surface area contributed by atoms with Crippen LogP contribution >= 0.6 is 49.9 Å². The standard InChI is InChI=1S/C13H11BrINOS/c1-16(8-10-3-2-6-18-10)13(17)11-7-9(15)4-5-12(11)14/h2-7H,8H2,1H3. The van der Waals surface area contributed by atoms with Crippen LogP contribution in [0.3, 0.4) is 0 Å². The van der Waals surface area contributed by atoms with Crippen molar-refractivity contribution in [3.63, 3.8) is 0 Å². The van der Waals surface area contributed by atoms with Crippen LogP contribution in [-0.4, -0.2) is 17.9 Å². The molecule has 1 aromatic heterocycles. The second-order valence-corrected chi connectivity index (χ2v) is 7.00. The molecule has 18 heavy (non-hydrogen) atoms. The zero-order valence-corrected chi connectivity index (χ0v) is 14.3. The van der Waals surface area contributed by atoms with E-state index in [4.69, 9.17) is 0 Å². The summed E-state index contributed by atoms with van der Waals surface area (Å²) in [6, 6.07) is 9.82. The maximum atomic E-state index is 12.3. The first-order chi connectivity index (χ1) is 8.58. The van der Waals surface area contributed by atoms with Crippen molar-refractivity contribution in [1.29, 1.82) is 0 Å². The van der Waals surface area contributed by atoms with E-state index in [-0.39, 0.29) is 5.91 Å². The van der Waals surface area contributed by atoms with Crippen molar-refractivity contribution in [1.82, 2.24) is 4.90 Å². The summed E-state index contributed by atoms with van der Waals surface area (Å²) in [7, 11) is 1.83. The summed E-state index contributed by atoms with van der Waals surface area (Å²) in [5.74, 6) is 0.0359. The van der Waals surface area contributed by atoms with E-state index in [0.29, 0.717) is 12.1 Å². The fraction of sp³-hybridized carbons (Fsp3) is 0.154. The van der Waals surface area contributed by atoms with E-state index < -0.39 is 0 Å². The fourth-order valence-electron chi connectivity index (χ4n) is 1.58. The monoisotopic (exact) mass is 435 g/mol. The molecule has 1 aromatic carbocycles. The van der Waals surface area contributed by atoms with E-state index in [1.54, 1.807) is 16.2 Å². The van der Waals surface area contributed by atoms with Gasteiger partial charge in [0.1, 0.15) is 0 Å². The predicted octanol–water partition coefficient (Wildman–Crippen LogP) is 4.39. The van der Waals surface area contributed by atoms with Gasteiger partial charge in [0, 0.05) is 20.0 Å². The summed E-state index contributed by atoms with van der Waals surface area (Å²) in [6.07, 6.45) is 0. The number of thiophene rings is 1. The first-order valence-corrected chi connectivity index (χ1v) is 8.06. The molecule has 5 heteroatoms. The van der Waals surface area contributed by atoms with Gasteiger partial charge in [-0.2, -0.15) is 0 Å². The predicted molar refractivity (Wildman–Crippen MR) is 87.0 cm³/mol. The molecule has 2 aromatic rings. The minimum Gasteiger partial charge on any atom is -0.337 e. The molecule has 0 spiro atoms. The highest BCUT2D eigenvalue weighted by Crippen LogP contribution is 2.22. The first kappa shape index (κ1) is 14.0. The molecule has 0 aliphatic carbocycles. The number of rotatable bonds is 3. The van der Waals surface area contributed by atoms with Crippen molar-refractivity contribution in [2.75, 3.05) is 7.05 Å². The van der Waals surface area contributed by atoms with E-state index in [2.05, 4.69) is 38.5 Å². The van der Waals surface area contributed by atoms with Crippen LogP contribution in [0.1, 0.15) is 15.2 Å². The summed E-state index contributed by atoms with van der Waals surface area (Å²) in [4.78, 5) is 15.3. The highest BCUT2D eigenvalue weighted by molar-refractivity contribution is 14.1. The van der Waals surface area contributed by atoms with Crippen LogP contribution in [0.15, 0.2) is 40.2 Å².